The van der Waals surface area contributed by atoms with Crippen LogP contribution in [0.25, 0.3) is 5.69 Å². The lowest BCUT2D eigenvalue weighted by Crippen LogP contribution is -2.13. The first-order valence-electron chi connectivity index (χ1n) is 6.82. The summed E-state index contributed by atoms with van der Waals surface area (Å²) in [7, 11) is 0. The highest BCUT2D eigenvalue weighted by Crippen LogP contribution is 2.38. The van der Waals surface area contributed by atoms with Crippen LogP contribution in [-0.4, -0.2) is 26.8 Å². The van der Waals surface area contributed by atoms with Crippen LogP contribution in [0.15, 0.2) is 24.3 Å². The van der Waals surface area contributed by atoms with Crippen molar-refractivity contribution in [1.82, 2.24) is 14.8 Å². The molecule has 5 nitrogen and oxygen atoms in total. The van der Waals surface area contributed by atoms with Crippen molar-refractivity contribution in [3.05, 3.63) is 41.5 Å². The molecule has 0 amide bonds. The minimum absolute atomic E-state index is 0.0766. The van der Waals surface area contributed by atoms with Gasteiger partial charge in [0.2, 0.25) is 3.79 Å². The lowest BCUT2D eigenvalue weighted by atomic mass is 10.2. The summed E-state index contributed by atoms with van der Waals surface area (Å²) >= 11 is 17.4. The minimum atomic E-state index is -4.57. The Balaban J connectivity index is 2.57. The number of rotatable bonds is 3. The molecule has 1 aromatic carbocycles. The monoisotopic (exact) mass is 415 g/mol. The number of hydrogen-bond acceptors (Lipinski definition) is 4. The number of benzene rings is 1. The van der Waals surface area contributed by atoms with Crippen molar-refractivity contribution in [2.75, 3.05) is 0 Å². The van der Waals surface area contributed by atoms with Crippen LogP contribution in [0, 0.1) is 0 Å². The number of aromatic nitrogens is 3. The molecule has 11 heteroatoms. The molecule has 2 aromatic rings. The van der Waals surface area contributed by atoms with Crippen molar-refractivity contribution in [3.63, 3.8) is 0 Å². The molecule has 0 saturated heterocycles. The first-order chi connectivity index (χ1) is 11.4. The molecule has 0 N–H and O–H groups in total. The molecule has 0 atom stereocenters. The van der Waals surface area contributed by atoms with Crippen LogP contribution >= 0.6 is 34.8 Å². The van der Waals surface area contributed by atoms with E-state index in [9.17, 15) is 18.0 Å². The van der Waals surface area contributed by atoms with Crippen LogP contribution in [0.1, 0.15) is 35.9 Å². The molecule has 0 saturated carbocycles. The van der Waals surface area contributed by atoms with Gasteiger partial charge in [0.05, 0.1) is 17.4 Å². The molecule has 0 fully saturated rings. The lowest BCUT2D eigenvalue weighted by Gasteiger charge is -2.13. The van der Waals surface area contributed by atoms with E-state index < -0.39 is 33.4 Å². The molecule has 1 aromatic heterocycles. The number of carbonyl (C=O) groups is 1. The largest absolute Gasteiger partial charge is 0.457 e. The topological polar surface area (TPSA) is 57.0 Å². The maximum atomic E-state index is 12.9. The Kier molecular flexibility index (Phi) is 5.56. The number of halogens is 6. The number of hydrogen-bond donors (Lipinski definition) is 0. The normalized spacial score (nSPS) is 12.5. The molecule has 0 bridgehead atoms. The molecule has 1 heterocycles. The molecule has 0 unspecified atom stereocenters. The van der Waals surface area contributed by atoms with E-state index >= 15 is 0 Å². The molecular formula is C14H11Cl3F3N3O2. The van der Waals surface area contributed by atoms with Gasteiger partial charge in [-0.25, -0.2) is 14.5 Å². The second-order valence-electron chi connectivity index (χ2n) is 5.17. The molecule has 2 rings (SSSR count). The summed E-state index contributed by atoms with van der Waals surface area (Å²) in [4.78, 5) is 15.7. The number of alkyl halides is 6. The van der Waals surface area contributed by atoms with Gasteiger partial charge >= 0.3 is 12.1 Å². The van der Waals surface area contributed by atoms with E-state index in [0.717, 1.165) is 22.9 Å². The van der Waals surface area contributed by atoms with Crippen molar-refractivity contribution in [1.29, 1.82) is 0 Å². The lowest BCUT2D eigenvalue weighted by molar-refractivity contribution is -0.137. The number of ether oxygens (including phenoxy) is 1. The number of nitrogens with zero attached hydrogens (tertiary/aromatic N) is 3. The molecule has 25 heavy (non-hydrogen) atoms. The minimum Gasteiger partial charge on any atom is -0.457 e. The second kappa shape index (κ2) is 7.01. The van der Waals surface area contributed by atoms with Gasteiger partial charge in [0.1, 0.15) is 0 Å². The van der Waals surface area contributed by atoms with Gasteiger partial charge in [0.25, 0.3) is 5.82 Å². The summed E-state index contributed by atoms with van der Waals surface area (Å²) in [6, 6.07) is 4.14. The summed E-state index contributed by atoms with van der Waals surface area (Å²) in [5.74, 6) is -1.67. The van der Waals surface area contributed by atoms with Crippen LogP contribution in [0.3, 0.4) is 0 Å². The van der Waals surface area contributed by atoms with Gasteiger partial charge in [0.15, 0.2) is 5.82 Å². The quantitative estimate of drug-likeness (QED) is 0.538. The van der Waals surface area contributed by atoms with E-state index in [1.165, 1.54) is 6.07 Å². The van der Waals surface area contributed by atoms with E-state index in [2.05, 4.69) is 10.1 Å². The summed E-state index contributed by atoms with van der Waals surface area (Å²) < 4.78 is 42.4. The average Bonchev–Trinajstić information content (AvgIpc) is 2.91. The Morgan fingerprint density at radius 1 is 1.24 bits per heavy atom. The Hall–Kier alpha value is -1.51. The highest BCUT2D eigenvalue weighted by Gasteiger charge is 2.35. The third kappa shape index (κ3) is 4.77. The van der Waals surface area contributed by atoms with E-state index in [-0.39, 0.29) is 11.5 Å². The zero-order valence-corrected chi connectivity index (χ0v) is 15.1. The molecular weight excluding hydrogens is 406 g/mol. The Labute approximate surface area is 155 Å². The van der Waals surface area contributed by atoms with Crippen LogP contribution in [0.5, 0.6) is 0 Å². The van der Waals surface area contributed by atoms with Crippen molar-refractivity contribution in [2.45, 2.75) is 29.9 Å². The average molecular weight is 417 g/mol. The van der Waals surface area contributed by atoms with Crippen molar-refractivity contribution in [2.24, 2.45) is 0 Å². The van der Waals surface area contributed by atoms with Gasteiger partial charge in [-0.2, -0.15) is 13.2 Å². The van der Waals surface area contributed by atoms with E-state index in [1.54, 1.807) is 13.8 Å². The van der Waals surface area contributed by atoms with Crippen molar-refractivity contribution < 1.29 is 22.7 Å². The highest BCUT2D eigenvalue weighted by molar-refractivity contribution is 6.66. The zero-order chi connectivity index (χ0) is 19.0. The van der Waals surface area contributed by atoms with Gasteiger partial charge in [-0.3, -0.25) is 0 Å². The van der Waals surface area contributed by atoms with Crippen LogP contribution in [0.2, 0.25) is 0 Å². The summed E-state index contributed by atoms with van der Waals surface area (Å²) in [6.45, 7) is 3.22. The van der Waals surface area contributed by atoms with Crippen molar-refractivity contribution >= 4 is 40.8 Å². The Bertz CT molecular complexity index is 786. The van der Waals surface area contributed by atoms with E-state index in [1.807, 2.05) is 0 Å². The molecule has 0 aliphatic carbocycles. The van der Waals surface area contributed by atoms with Crippen LogP contribution < -0.4 is 0 Å². The van der Waals surface area contributed by atoms with Gasteiger partial charge < -0.3 is 4.74 Å². The standard InChI is InChI=1S/C14H11Cl3F3N3O2/c1-7(2)25-11(24)10-21-12(13(15,16)17)23(22-10)9-5-3-4-8(6-9)14(18,19)20/h3-7H,1-2H3. The van der Waals surface area contributed by atoms with Crippen LogP contribution in [0.4, 0.5) is 13.2 Å². The predicted octanol–water partition coefficient (Wildman–Crippen LogP) is 4.68. The highest BCUT2D eigenvalue weighted by atomic mass is 35.6. The fourth-order valence-corrected chi connectivity index (χ4v) is 2.21. The first kappa shape index (κ1) is 19.8. The third-order valence-corrected chi connectivity index (χ3v) is 3.31. The Morgan fingerprint density at radius 3 is 2.40 bits per heavy atom. The SMILES string of the molecule is CC(C)OC(=O)c1nc(C(Cl)(Cl)Cl)n(-c2cccc(C(F)(F)F)c2)n1. The maximum Gasteiger partial charge on any atom is 0.416 e. The van der Waals surface area contributed by atoms with Crippen LogP contribution in [-0.2, 0) is 14.7 Å². The number of esters is 1. The molecule has 0 aliphatic rings. The third-order valence-electron chi connectivity index (χ3n) is 2.80. The van der Waals surface area contributed by atoms with E-state index in [4.69, 9.17) is 39.5 Å². The fourth-order valence-electron chi connectivity index (χ4n) is 1.84. The van der Waals surface area contributed by atoms with Gasteiger partial charge in [0, 0.05) is 0 Å². The summed E-state index contributed by atoms with van der Waals surface area (Å²) in [5.41, 5.74) is -1.01. The molecule has 136 valence electrons. The smallest absolute Gasteiger partial charge is 0.416 e. The van der Waals surface area contributed by atoms with Gasteiger partial charge in [-0.05, 0) is 32.0 Å². The summed E-state index contributed by atoms with van der Waals surface area (Å²) in [6.07, 6.45) is -5.03. The second-order valence-corrected chi connectivity index (χ2v) is 7.45. The van der Waals surface area contributed by atoms with Gasteiger partial charge in [-0.1, -0.05) is 40.9 Å². The number of carbonyl (C=O) groups excluding carboxylic acids is 1. The molecule has 0 radical (unpaired) electrons. The predicted molar refractivity (Wildman–Crippen MR) is 86.1 cm³/mol. The maximum absolute atomic E-state index is 12.9. The molecule has 0 spiro atoms. The fraction of sp³-hybridized carbons (Fsp3) is 0.357. The van der Waals surface area contributed by atoms with Gasteiger partial charge in [-0.15, -0.1) is 5.10 Å². The molecule has 0 aliphatic heterocycles. The van der Waals surface area contributed by atoms with E-state index in [0.29, 0.717) is 0 Å². The first-order valence-corrected chi connectivity index (χ1v) is 7.96. The zero-order valence-electron chi connectivity index (χ0n) is 12.8. The summed E-state index contributed by atoms with van der Waals surface area (Å²) in [5, 5.41) is 3.83. The van der Waals surface area contributed by atoms with Crippen molar-refractivity contribution in [3.8, 4) is 5.69 Å². The Morgan fingerprint density at radius 2 is 1.88 bits per heavy atom.